The van der Waals surface area contributed by atoms with Gasteiger partial charge in [0.15, 0.2) is 0 Å². The third-order valence-corrected chi connectivity index (χ3v) is 4.02. The molecule has 0 amide bonds. The molecule has 0 radical (unpaired) electrons. The van der Waals surface area contributed by atoms with E-state index in [4.69, 9.17) is 9.47 Å². The summed E-state index contributed by atoms with van der Waals surface area (Å²) in [6, 6.07) is 12.4. The fourth-order valence-electron chi connectivity index (χ4n) is 2.20. The summed E-state index contributed by atoms with van der Waals surface area (Å²) in [4.78, 5) is 0. The number of halogens is 1. The molecule has 112 valence electrons. The van der Waals surface area contributed by atoms with Crippen LogP contribution in [0.15, 0.2) is 40.9 Å². The van der Waals surface area contributed by atoms with Crippen LogP contribution in [-0.4, -0.2) is 7.11 Å². The van der Waals surface area contributed by atoms with Crippen molar-refractivity contribution >= 4 is 15.9 Å². The number of methoxy groups -OCH3 is 1. The Morgan fingerprint density at radius 3 is 2.43 bits per heavy atom. The van der Waals surface area contributed by atoms with E-state index in [9.17, 15) is 0 Å². The second-order valence-corrected chi connectivity index (χ2v) is 6.31. The third-order valence-electron chi connectivity index (χ3n) is 3.40. The van der Waals surface area contributed by atoms with Crippen molar-refractivity contribution in [3.63, 3.8) is 0 Å². The molecule has 2 nitrogen and oxygen atoms in total. The normalized spacial score (nSPS) is 10.8. The van der Waals surface area contributed by atoms with E-state index in [-0.39, 0.29) is 0 Å². The average molecular weight is 349 g/mol. The lowest BCUT2D eigenvalue weighted by molar-refractivity contribution is 0.301. The minimum Gasteiger partial charge on any atom is -0.496 e. The molecule has 21 heavy (non-hydrogen) atoms. The van der Waals surface area contributed by atoms with Crippen LogP contribution in [0.5, 0.6) is 11.5 Å². The van der Waals surface area contributed by atoms with Crippen LogP contribution in [0.3, 0.4) is 0 Å². The molecule has 0 saturated carbocycles. The quantitative estimate of drug-likeness (QED) is 0.713. The molecular weight excluding hydrogens is 328 g/mol. The van der Waals surface area contributed by atoms with Gasteiger partial charge in [-0.2, -0.15) is 0 Å². The SMILES string of the molecule is COc1ccc(COc2cc(C)ccc2C(C)C)cc1Br. The van der Waals surface area contributed by atoms with Crippen molar-refractivity contribution in [2.45, 2.75) is 33.3 Å². The summed E-state index contributed by atoms with van der Waals surface area (Å²) >= 11 is 3.50. The minimum absolute atomic E-state index is 0.447. The van der Waals surface area contributed by atoms with Crippen LogP contribution < -0.4 is 9.47 Å². The Kier molecular flexibility index (Phi) is 5.29. The Hall–Kier alpha value is -1.48. The van der Waals surface area contributed by atoms with Gasteiger partial charge in [0.25, 0.3) is 0 Å². The molecule has 0 saturated heterocycles. The van der Waals surface area contributed by atoms with Crippen LogP contribution >= 0.6 is 15.9 Å². The highest BCUT2D eigenvalue weighted by Gasteiger charge is 2.09. The highest BCUT2D eigenvalue weighted by Crippen LogP contribution is 2.29. The molecule has 0 bridgehead atoms. The second kappa shape index (κ2) is 6.99. The maximum absolute atomic E-state index is 6.03. The zero-order valence-electron chi connectivity index (χ0n) is 12.9. The van der Waals surface area contributed by atoms with Crippen LogP contribution in [0.2, 0.25) is 0 Å². The summed E-state index contributed by atoms with van der Waals surface area (Å²) in [5.74, 6) is 2.25. The van der Waals surface area contributed by atoms with E-state index in [1.807, 2.05) is 18.2 Å². The Balaban J connectivity index is 2.16. The van der Waals surface area contributed by atoms with Gasteiger partial charge < -0.3 is 9.47 Å². The molecule has 2 rings (SSSR count). The van der Waals surface area contributed by atoms with E-state index in [1.165, 1.54) is 11.1 Å². The average Bonchev–Trinajstić information content (AvgIpc) is 2.45. The molecule has 0 aliphatic carbocycles. The predicted octanol–water partition coefficient (Wildman–Crippen LogP) is 5.47. The standard InChI is InChI=1S/C18H21BrO2/c1-12(2)15-7-5-13(3)9-18(15)21-11-14-6-8-17(20-4)16(19)10-14/h5-10,12H,11H2,1-4H3. The first kappa shape index (κ1) is 15.9. The molecule has 0 fully saturated rings. The number of aryl methyl sites for hydroxylation is 1. The first-order valence-corrected chi connectivity index (χ1v) is 7.86. The lowest BCUT2D eigenvalue weighted by Gasteiger charge is -2.15. The first-order valence-electron chi connectivity index (χ1n) is 7.07. The summed E-state index contributed by atoms with van der Waals surface area (Å²) in [5.41, 5.74) is 3.57. The molecule has 0 spiro atoms. The van der Waals surface area contributed by atoms with E-state index in [1.54, 1.807) is 7.11 Å². The molecule has 0 heterocycles. The number of ether oxygens (including phenoxy) is 2. The summed E-state index contributed by atoms with van der Waals surface area (Å²) in [6.45, 7) is 7.00. The molecule has 0 unspecified atom stereocenters. The van der Waals surface area contributed by atoms with Gasteiger partial charge >= 0.3 is 0 Å². The van der Waals surface area contributed by atoms with Crippen molar-refractivity contribution in [3.8, 4) is 11.5 Å². The van der Waals surface area contributed by atoms with Crippen molar-refractivity contribution < 1.29 is 9.47 Å². The third kappa shape index (κ3) is 4.01. The topological polar surface area (TPSA) is 18.5 Å². The van der Waals surface area contributed by atoms with Crippen LogP contribution in [-0.2, 0) is 6.61 Å². The molecule has 2 aromatic rings. The second-order valence-electron chi connectivity index (χ2n) is 5.45. The number of hydrogen-bond acceptors (Lipinski definition) is 2. The van der Waals surface area contributed by atoms with Gasteiger partial charge in [-0.25, -0.2) is 0 Å². The smallest absolute Gasteiger partial charge is 0.133 e. The Morgan fingerprint density at radius 2 is 1.81 bits per heavy atom. The van der Waals surface area contributed by atoms with Gasteiger partial charge in [0.2, 0.25) is 0 Å². The highest BCUT2D eigenvalue weighted by molar-refractivity contribution is 9.10. The van der Waals surface area contributed by atoms with Gasteiger partial charge in [-0.3, -0.25) is 0 Å². The van der Waals surface area contributed by atoms with Gasteiger partial charge in [0.05, 0.1) is 11.6 Å². The first-order chi connectivity index (χ1) is 10.0. The molecule has 0 N–H and O–H groups in total. The fraction of sp³-hybridized carbons (Fsp3) is 0.333. The minimum atomic E-state index is 0.447. The fourth-order valence-corrected chi connectivity index (χ4v) is 2.79. The largest absolute Gasteiger partial charge is 0.496 e. The van der Waals surface area contributed by atoms with E-state index >= 15 is 0 Å². The van der Waals surface area contributed by atoms with Gasteiger partial charge in [-0.15, -0.1) is 0 Å². The van der Waals surface area contributed by atoms with Gasteiger partial charge in [-0.1, -0.05) is 32.0 Å². The Bertz CT molecular complexity index is 621. The lowest BCUT2D eigenvalue weighted by atomic mass is 10.0. The summed E-state index contributed by atoms with van der Waals surface area (Å²) < 4.78 is 12.2. The molecule has 3 heteroatoms. The van der Waals surface area contributed by atoms with Crippen molar-refractivity contribution in [1.29, 1.82) is 0 Å². The molecule has 0 aromatic heterocycles. The maximum atomic E-state index is 6.03. The van der Waals surface area contributed by atoms with E-state index in [2.05, 4.69) is 54.9 Å². The van der Waals surface area contributed by atoms with Gasteiger partial charge in [0, 0.05) is 0 Å². The molecule has 2 aromatic carbocycles. The summed E-state index contributed by atoms with van der Waals surface area (Å²) in [6.07, 6.45) is 0. The summed E-state index contributed by atoms with van der Waals surface area (Å²) in [7, 11) is 1.66. The van der Waals surface area contributed by atoms with E-state index in [0.29, 0.717) is 12.5 Å². The maximum Gasteiger partial charge on any atom is 0.133 e. The summed E-state index contributed by atoms with van der Waals surface area (Å²) in [5, 5.41) is 0. The number of benzene rings is 2. The Morgan fingerprint density at radius 1 is 1.05 bits per heavy atom. The number of hydrogen-bond donors (Lipinski definition) is 0. The van der Waals surface area contributed by atoms with E-state index in [0.717, 1.165) is 21.5 Å². The monoisotopic (exact) mass is 348 g/mol. The van der Waals surface area contributed by atoms with Crippen LogP contribution in [0.25, 0.3) is 0 Å². The van der Waals surface area contributed by atoms with Crippen LogP contribution in [0, 0.1) is 6.92 Å². The molecular formula is C18H21BrO2. The van der Waals surface area contributed by atoms with Crippen molar-refractivity contribution in [2.75, 3.05) is 7.11 Å². The van der Waals surface area contributed by atoms with Crippen LogP contribution in [0.4, 0.5) is 0 Å². The van der Waals surface area contributed by atoms with Crippen molar-refractivity contribution in [2.24, 2.45) is 0 Å². The highest BCUT2D eigenvalue weighted by atomic mass is 79.9. The predicted molar refractivity (Wildman–Crippen MR) is 90.3 cm³/mol. The zero-order chi connectivity index (χ0) is 15.4. The molecule has 0 aliphatic rings. The molecule has 0 aliphatic heterocycles. The van der Waals surface area contributed by atoms with E-state index < -0.39 is 0 Å². The van der Waals surface area contributed by atoms with Gasteiger partial charge in [-0.05, 0) is 63.7 Å². The molecule has 0 atom stereocenters. The van der Waals surface area contributed by atoms with Crippen molar-refractivity contribution in [3.05, 3.63) is 57.6 Å². The lowest BCUT2D eigenvalue weighted by Crippen LogP contribution is -2.00. The van der Waals surface area contributed by atoms with Gasteiger partial charge in [0.1, 0.15) is 18.1 Å². The van der Waals surface area contributed by atoms with Crippen LogP contribution in [0.1, 0.15) is 36.5 Å². The Labute approximate surface area is 135 Å². The number of rotatable bonds is 5. The van der Waals surface area contributed by atoms with Crippen molar-refractivity contribution in [1.82, 2.24) is 0 Å². The zero-order valence-corrected chi connectivity index (χ0v) is 14.5.